The maximum Gasteiger partial charge on any atom is 0.270 e. The lowest BCUT2D eigenvalue weighted by atomic mass is 10.0. The zero-order valence-corrected chi connectivity index (χ0v) is 18.2. The van der Waals surface area contributed by atoms with Gasteiger partial charge in [0.15, 0.2) is 16.6 Å². The van der Waals surface area contributed by atoms with Gasteiger partial charge in [0.1, 0.15) is 0 Å². The van der Waals surface area contributed by atoms with Crippen LogP contribution in [0.2, 0.25) is 0 Å². The molecule has 0 spiro atoms. The Bertz CT molecular complexity index is 1630. The van der Waals surface area contributed by atoms with E-state index in [1.54, 1.807) is 12.1 Å². The lowest BCUT2D eigenvalue weighted by molar-refractivity contribution is -0.384. The van der Waals surface area contributed by atoms with Crippen molar-refractivity contribution < 1.29 is 19.2 Å². The van der Waals surface area contributed by atoms with Crippen molar-refractivity contribution in [2.75, 3.05) is 12.1 Å². The van der Waals surface area contributed by atoms with Gasteiger partial charge in [0.2, 0.25) is 6.79 Å². The molecule has 3 aromatic carbocycles. The number of carbonyl (C=O) groups excluding carboxylic acids is 1. The number of pyridine rings is 1. The lowest BCUT2D eigenvalue weighted by Gasteiger charge is -2.10. The third-order valence-electron chi connectivity index (χ3n) is 5.43. The summed E-state index contributed by atoms with van der Waals surface area (Å²) < 4.78 is 11.5. The van der Waals surface area contributed by atoms with Crippen LogP contribution in [-0.4, -0.2) is 27.6 Å². The van der Waals surface area contributed by atoms with Crippen LogP contribution in [0.5, 0.6) is 11.5 Å². The topological polar surface area (TPSA) is 116 Å². The summed E-state index contributed by atoms with van der Waals surface area (Å²) >= 11 is 1.18. The standard InChI is InChI=1S/C24H14N4O5S/c29-23(27-24-26-18-7-6-14(28(30)31)10-22(18)34-24)16-11-19(25-17-4-2-1-3-15(16)17)13-5-8-20-21(9-13)33-12-32-20/h1-11H,12H2,(H,26,27,29). The molecule has 0 aliphatic carbocycles. The second-order valence-corrected chi connectivity index (χ2v) is 8.55. The van der Waals surface area contributed by atoms with Crippen LogP contribution in [-0.2, 0) is 0 Å². The smallest absolute Gasteiger partial charge is 0.270 e. The summed E-state index contributed by atoms with van der Waals surface area (Å²) in [6, 6.07) is 19.0. The van der Waals surface area contributed by atoms with E-state index in [1.165, 1.54) is 23.5 Å². The average Bonchev–Trinajstić information content (AvgIpc) is 3.48. The van der Waals surface area contributed by atoms with Crippen molar-refractivity contribution in [1.29, 1.82) is 0 Å². The van der Waals surface area contributed by atoms with Crippen molar-refractivity contribution in [3.63, 3.8) is 0 Å². The van der Waals surface area contributed by atoms with E-state index < -0.39 is 4.92 Å². The summed E-state index contributed by atoms with van der Waals surface area (Å²) in [6.45, 7) is 0.170. The normalized spacial score (nSPS) is 12.2. The molecule has 166 valence electrons. The Kier molecular flexibility index (Phi) is 4.59. The Morgan fingerprint density at radius 2 is 1.82 bits per heavy atom. The van der Waals surface area contributed by atoms with Crippen molar-refractivity contribution in [2.45, 2.75) is 0 Å². The molecule has 1 aliphatic heterocycles. The highest BCUT2D eigenvalue weighted by molar-refractivity contribution is 7.22. The predicted molar refractivity (Wildman–Crippen MR) is 128 cm³/mol. The van der Waals surface area contributed by atoms with E-state index in [4.69, 9.17) is 14.5 Å². The monoisotopic (exact) mass is 470 g/mol. The number of anilines is 1. The molecule has 1 amide bonds. The number of non-ortho nitro benzene ring substituents is 1. The van der Waals surface area contributed by atoms with Gasteiger partial charge in [-0.05, 0) is 36.4 Å². The molecular formula is C24H14N4O5S. The maximum atomic E-state index is 13.3. The fourth-order valence-corrected chi connectivity index (χ4v) is 4.71. The largest absolute Gasteiger partial charge is 0.454 e. The van der Waals surface area contributed by atoms with Crippen LogP contribution < -0.4 is 14.8 Å². The minimum atomic E-state index is -0.460. The number of amides is 1. The third kappa shape index (κ3) is 3.46. The second kappa shape index (κ2) is 7.78. The number of nitrogens with one attached hydrogen (secondary N) is 1. The van der Waals surface area contributed by atoms with Gasteiger partial charge in [0.25, 0.3) is 11.6 Å². The number of fused-ring (bicyclic) bond motifs is 3. The van der Waals surface area contributed by atoms with E-state index in [2.05, 4.69) is 10.3 Å². The van der Waals surface area contributed by atoms with E-state index in [9.17, 15) is 14.9 Å². The van der Waals surface area contributed by atoms with Crippen LogP contribution in [0.4, 0.5) is 10.8 Å². The van der Waals surface area contributed by atoms with Crippen LogP contribution in [0.1, 0.15) is 10.4 Å². The Balaban J connectivity index is 1.39. The SMILES string of the molecule is O=C(Nc1nc2ccc([N+](=O)[O-])cc2s1)c1cc(-c2ccc3c(c2)OCO3)nc2ccccc12. The van der Waals surface area contributed by atoms with E-state index in [-0.39, 0.29) is 18.4 Å². The van der Waals surface area contributed by atoms with Crippen LogP contribution in [0.3, 0.4) is 0 Å². The molecule has 1 aliphatic rings. The molecular weight excluding hydrogens is 456 g/mol. The summed E-state index contributed by atoms with van der Waals surface area (Å²) in [6.07, 6.45) is 0. The first-order valence-corrected chi connectivity index (χ1v) is 11.0. The molecule has 10 heteroatoms. The molecule has 0 saturated heterocycles. The lowest BCUT2D eigenvalue weighted by Crippen LogP contribution is -2.13. The number of nitro benzene ring substituents is 1. The number of hydrogen-bond donors (Lipinski definition) is 1. The second-order valence-electron chi connectivity index (χ2n) is 7.52. The van der Waals surface area contributed by atoms with Gasteiger partial charge in [-0.2, -0.15) is 0 Å². The van der Waals surface area contributed by atoms with Crippen LogP contribution in [0.15, 0.2) is 66.7 Å². The quantitative estimate of drug-likeness (QED) is 0.276. The molecule has 34 heavy (non-hydrogen) atoms. The number of hydrogen-bond acceptors (Lipinski definition) is 8. The fourth-order valence-electron chi connectivity index (χ4n) is 3.81. The molecule has 5 aromatic rings. The maximum absolute atomic E-state index is 13.3. The summed E-state index contributed by atoms with van der Waals surface area (Å²) in [5, 5.41) is 14.9. The molecule has 0 atom stereocenters. The van der Waals surface area contributed by atoms with E-state index >= 15 is 0 Å². The molecule has 0 fully saturated rings. The number of thiazole rings is 1. The Labute approximate surface area is 195 Å². The number of rotatable bonds is 4. The molecule has 9 nitrogen and oxygen atoms in total. The Morgan fingerprint density at radius 1 is 0.971 bits per heavy atom. The van der Waals surface area contributed by atoms with Gasteiger partial charge in [-0.1, -0.05) is 29.5 Å². The number of nitro groups is 1. The first kappa shape index (κ1) is 20.1. The average molecular weight is 470 g/mol. The van der Waals surface area contributed by atoms with Gasteiger partial charge in [-0.15, -0.1) is 0 Å². The van der Waals surface area contributed by atoms with Crippen molar-refractivity contribution in [3.05, 3.63) is 82.4 Å². The van der Waals surface area contributed by atoms with Crippen LogP contribution in [0.25, 0.3) is 32.4 Å². The molecule has 0 radical (unpaired) electrons. The highest BCUT2D eigenvalue weighted by atomic mass is 32.1. The Hall–Kier alpha value is -4.57. The number of aromatic nitrogens is 2. The fraction of sp³-hybridized carbons (Fsp3) is 0.0417. The van der Waals surface area contributed by atoms with Crippen molar-refractivity contribution >= 4 is 49.2 Å². The molecule has 2 aromatic heterocycles. The molecule has 6 rings (SSSR count). The number of benzene rings is 3. The van der Waals surface area contributed by atoms with Crippen molar-refractivity contribution in [3.8, 4) is 22.8 Å². The zero-order valence-electron chi connectivity index (χ0n) is 17.3. The van der Waals surface area contributed by atoms with E-state index in [0.717, 1.165) is 5.56 Å². The van der Waals surface area contributed by atoms with E-state index in [0.29, 0.717) is 49.0 Å². The molecule has 0 saturated carbocycles. The minimum absolute atomic E-state index is 0.0254. The molecule has 0 bridgehead atoms. The number of carbonyl (C=O) groups is 1. The van der Waals surface area contributed by atoms with Crippen LogP contribution in [0, 0.1) is 10.1 Å². The van der Waals surface area contributed by atoms with Crippen molar-refractivity contribution in [1.82, 2.24) is 9.97 Å². The van der Waals surface area contributed by atoms with Gasteiger partial charge < -0.3 is 9.47 Å². The summed E-state index contributed by atoms with van der Waals surface area (Å²) in [5.74, 6) is 0.940. The first-order chi connectivity index (χ1) is 16.5. The summed E-state index contributed by atoms with van der Waals surface area (Å²) in [7, 11) is 0. The first-order valence-electron chi connectivity index (χ1n) is 10.2. The number of ether oxygens (including phenoxy) is 2. The van der Waals surface area contributed by atoms with E-state index in [1.807, 2.05) is 42.5 Å². The zero-order chi connectivity index (χ0) is 23.2. The summed E-state index contributed by atoms with van der Waals surface area (Å²) in [4.78, 5) is 33.0. The van der Waals surface area contributed by atoms with Gasteiger partial charge in [-0.25, -0.2) is 9.97 Å². The summed E-state index contributed by atoms with van der Waals surface area (Å²) in [5.41, 5.74) is 3.05. The molecule has 3 heterocycles. The van der Waals surface area contributed by atoms with Crippen LogP contribution >= 0.6 is 11.3 Å². The van der Waals surface area contributed by atoms with Gasteiger partial charge >= 0.3 is 0 Å². The predicted octanol–water partition coefficient (Wildman–Crippen LogP) is 5.40. The number of para-hydroxylation sites is 1. The number of nitrogens with zero attached hydrogens (tertiary/aromatic N) is 3. The van der Waals surface area contributed by atoms with Gasteiger partial charge in [0.05, 0.1) is 31.9 Å². The molecule has 0 unspecified atom stereocenters. The Morgan fingerprint density at radius 3 is 2.71 bits per heavy atom. The highest BCUT2D eigenvalue weighted by Gasteiger charge is 2.19. The third-order valence-corrected chi connectivity index (χ3v) is 6.37. The van der Waals surface area contributed by atoms with Crippen molar-refractivity contribution in [2.24, 2.45) is 0 Å². The van der Waals surface area contributed by atoms with Gasteiger partial charge in [-0.3, -0.25) is 20.2 Å². The van der Waals surface area contributed by atoms with Gasteiger partial charge in [0, 0.05) is 23.1 Å². The molecule has 1 N–H and O–H groups in total. The minimum Gasteiger partial charge on any atom is -0.454 e. The highest BCUT2D eigenvalue weighted by Crippen LogP contribution is 2.36.